The number of hydrogen-bond acceptors (Lipinski definition) is 6. The fraction of sp³-hybridized carbons (Fsp3) is 0.727. The molecule has 3 rings (SSSR count). The van der Waals surface area contributed by atoms with Gasteiger partial charge in [-0.25, -0.2) is 8.42 Å². The van der Waals surface area contributed by atoms with E-state index in [0.717, 1.165) is 12.2 Å². The molecule has 0 aromatic carbocycles. The van der Waals surface area contributed by atoms with E-state index in [9.17, 15) is 8.42 Å². The van der Waals surface area contributed by atoms with Crippen molar-refractivity contribution in [2.75, 3.05) is 29.5 Å². The summed E-state index contributed by atoms with van der Waals surface area (Å²) in [6.45, 7) is 1.66. The van der Waals surface area contributed by atoms with Crippen molar-refractivity contribution in [1.82, 2.24) is 10.3 Å². The lowest BCUT2D eigenvalue weighted by Crippen LogP contribution is -2.40. The highest BCUT2D eigenvalue weighted by atomic mass is 32.2. The van der Waals surface area contributed by atoms with Gasteiger partial charge in [-0.15, -0.1) is 0 Å². The fourth-order valence-electron chi connectivity index (χ4n) is 1.96. The van der Waals surface area contributed by atoms with Crippen molar-refractivity contribution in [3.8, 4) is 0 Å². The molecule has 1 N–H and O–H groups in total. The van der Waals surface area contributed by atoms with Gasteiger partial charge in [-0.1, -0.05) is 0 Å². The Hall–Kier alpha value is -1.08. The van der Waals surface area contributed by atoms with E-state index in [1.165, 1.54) is 12.8 Å². The predicted molar refractivity (Wildman–Crippen MR) is 67.2 cm³/mol. The lowest BCUT2D eigenvalue weighted by atomic mass is 10.4. The highest BCUT2D eigenvalue weighted by Crippen LogP contribution is 2.20. The third-order valence-corrected chi connectivity index (χ3v) is 4.91. The van der Waals surface area contributed by atoms with Crippen molar-refractivity contribution < 1.29 is 12.8 Å². The SMILES string of the molecule is O=S1(=O)CCN(c2nc(CNC3CC3)co2)CC1. The first-order valence-electron chi connectivity index (χ1n) is 6.25. The van der Waals surface area contributed by atoms with Crippen LogP contribution in [0.15, 0.2) is 10.7 Å². The third-order valence-electron chi connectivity index (χ3n) is 3.30. The first kappa shape index (κ1) is 12.0. The molecule has 1 aromatic heterocycles. The highest BCUT2D eigenvalue weighted by molar-refractivity contribution is 7.91. The minimum atomic E-state index is -2.85. The van der Waals surface area contributed by atoms with E-state index in [0.29, 0.717) is 25.1 Å². The van der Waals surface area contributed by atoms with Crippen LogP contribution in [-0.4, -0.2) is 44.0 Å². The third kappa shape index (κ3) is 2.84. The number of hydrogen-bond donors (Lipinski definition) is 1. The lowest BCUT2D eigenvalue weighted by molar-refractivity contribution is 0.529. The second-order valence-electron chi connectivity index (χ2n) is 4.92. The van der Waals surface area contributed by atoms with Crippen molar-refractivity contribution in [3.63, 3.8) is 0 Å². The van der Waals surface area contributed by atoms with Crippen molar-refractivity contribution >= 4 is 15.9 Å². The van der Waals surface area contributed by atoms with Gasteiger partial charge in [0.2, 0.25) is 0 Å². The monoisotopic (exact) mass is 271 g/mol. The Kier molecular flexibility index (Phi) is 3.03. The first-order valence-corrected chi connectivity index (χ1v) is 8.08. The predicted octanol–water partition coefficient (Wildman–Crippen LogP) is 0.161. The summed E-state index contributed by atoms with van der Waals surface area (Å²) in [5.74, 6) is 0.371. The maximum atomic E-state index is 11.3. The molecular weight excluding hydrogens is 254 g/mol. The van der Waals surface area contributed by atoms with E-state index in [4.69, 9.17) is 4.42 Å². The molecule has 0 amide bonds. The molecule has 2 heterocycles. The second kappa shape index (κ2) is 4.55. The van der Waals surface area contributed by atoms with E-state index in [-0.39, 0.29) is 11.5 Å². The van der Waals surface area contributed by atoms with E-state index >= 15 is 0 Å². The van der Waals surface area contributed by atoms with Crippen molar-refractivity contribution in [1.29, 1.82) is 0 Å². The van der Waals surface area contributed by atoms with Crippen LogP contribution in [0.1, 0.15) is 18.5 Å². The molecule has 1 aromatic rings. The molecule has 7 heteroatoms. The summed E-state index contributed by atoms with van der Waals surface area (Å²) >= 11 is 0. The van der Waals surface area contributed by atoms with Gasteiger partial charge in [-0.05, 0) is 12.8 Å². The quantitative estimate of drug-likeness (QED) is 0.841. The Bertz CT molecular complexity index is 507. The Labute approximate surface area is 106 Å². The number of nitrogens with zero attached hydrogens (tertiary/aromatic N) is 2. The fourth-order valence-corrected chi connectivity index (χ4v) is 3.16. The molecule has 2 aliphatic rings. The van der Waals surface area contributed by atoms with Gasteiger partial charge >= 0.3 is 0 Å². The van der Waals surface area contributed by atoms with Gasteiger partial charge < -0.3 is 14.6 Å². The van der Waals surface area contributed by atoms with E-state index in [1.54, 1.807) is 6.26 Å². The molecule has 100 valence electrons. The average molecular weight is 271 g/mol. The van der Waals surface area contributed by atoms with Crippen LogP contribution >= 0.6 is 0 Å². The number of anilines is 1. The zero-order valence-corrected chi connectivity index (χ0v) is 10.9. The Morgan fingerprint density at radius 3 is 2.78 bits per heavy atom. The van der Waals surface area contributed by atoms with Gasteiger partial charge in [0.05, 0.1) is 17.2 Å². The van der Waals surface area contributed by atoms with Crippen LogP contribution in [-0.2, 0) is 16.4 Å². The molecular formula is C11H17N3O3S. The number of rotatable bonds is 4. The van der Waals surface area contributed by atoms with Crippen LogP contribution in [0.4, 0.5) is 6.01 Å². The van der Waals surface area contributed by atoms with Crippen LogP contribution < -0.4 is 10.2 Å². The van der Waals surface area contributed by atoms with Gasteiger partial charge in [-0.2, -0.15) is 4.98 Å². The smallest absolute Gasteiger partial charge is 0.297 e. The zero-order valence-electron chi connectivity index (χ0n) is 10.1. The summed E-state index contributed by atoms with van der Waals surface area (Å²) in [5, 5.41) is 3.37. The van der Waals surface area contributed by atoms with Gasteiger partial charge in [0.25, 0.3) is 6.01 Å². The van der Waals surface area contributed by atoms with E-state index in [2.05, 4.69) is 10.3 Å². The summed E-state index contributed by atoms with van der Waals surface area (Å²) in [6.07, 6.45) is 4.14. The highest BCUT2D eigenvalue weighted by Gasteiger charge is 2.25. The topological polar surface area (TPSA) is 75.4 Å². The number of oxazole rings is 1. The van der Waals surface area contributed by atoms with Crippen LogP contribution in [0.5, 0.6) is 0 Å². The maximum Gasteiger partial charge on any atom is 0.297 e. The largest absolute Gasteiger partial charge is 0.432 e. The van der Waals surface area contributed by atoms with Crippen LogP contribution in [0.3, 0.4) is 0 Å². The number of sulfone groups is 1. The normalized spacial score (nSPS) is 23.2. The average Bonchev–Trinajstić information content (AvgIpc) is 3.05. The molecule has 0 spiro atoms. The molecule has 0 bridgehead atoms. The van der Waals surface area contributed by atoms with Crippen molar-refractivity contribution in [2.24, 2.45) is 0 Å². The number of nitrogens with one attached hydrogen (secondary N) is 1. The van der Waals surface area contributed by atoms with Crippen molar-refractivity contribution in [2.45, 2.75) is 25.4 Å². The zero-order chi connectivity index (χ0) is 12.6. The molecule has 1 aliphatic carbocycles. The van der Waals surface area contributed by atoms with Crippen LogP contribution in [0.2, 0.25) is 0 Å². The van der Waals surface area contributed by atoms with Crippen LogP contribution in [0.25, 0.3) is 0 Å². The summed E-state index contributed by atoms with van der Waals surface area (Å²) in [4.78, 5) is 6.27. The molecule has 0 atom stereocenters. The second-order valence-corrected chi connectivity index (χ2v) is 7.22. The van der Waals surface area contributed by atoms with Crippen molar-refractivity contribution in [3.05, 3.63) is 12.0 Å². The summed E-state index contributed by atoms with van der Waals surface area (Å²) < 4.78 is 28.1. The molecule has 6 nitrogen and oxygen atoms in total. The molecule has 18 heavy (non-hydrogen) atoms. The van der Waals surface area contributed by atoms with Gasteiger partial charge in [-0.3, -0.25) is 0 Å². The van der Waals surface area contributed by atoms with Crippen LogP contribution in [0, 0.1) is 0 Å². The molecule has 1 saturated heterocycles. The lowest BCUT2D eigenvalue weighted by Gasteiger charge is -2.24. The minimum absolute atomic E-state index is 0.186. The Morgan fingerprint density at radius 2 is 2.11 bits per heavy atom. The van der Waals surface area contributed by atoms with Gasteiger partial charge in [0.15, 0.2) is 9.84 Å². The van der Waals surface area contributed by atoms with Gasteiger partial charge in [0.1, 0.15) is 6.26 Å². The Balaban J connectivity index is 1.58. The Morgan fingerprint density at radius 1 is 1.39 bits per heavy atom. The number of aromatic nitrogens is 1. The van der Waals surface area contributed by atoms with E-state index in [1.807, 2.05) is 4.90 Å². The molecule has 0 radical (unpaired) electrons. The summed E-state index contributed by atoms with van der Waals surface area (Å²) in [6, 6.07) is 1.18. The van der Waals surface area contributed by atoms with E-state index < -0.39 is 9.84 Å². The molecule has 1 saturated carbocycles. The standard InChI is InChI=1S/C11H17N3O3S/c15-18(16)5-3-14(4-6-18)11-13-10(8-17-11)7-12-9-1-2-9/h8-9,12H,1-7H2. The van der Waals surface area contributed by atoms with Gasteiger partial charge in [0, 0.05) is 25.7 Å². The summed E-state index contributed by atoms with van der Waals surface area (Å²) in [5.41, 5.74) is 0.880. The molecule has 1 aliphatic heterocycles. The molecule has 2 fully saturated rings. The molecule has 0 unspecified atom stereocenters. The maximum absolute atomic E-state index is 11.3. The minimum Gasteiger partial charge on any atom is -0.432 e. The first-order chi connectivity index (χ1) is 8.62. The summed E-state index contributed by atoms with van der Waals surface area (Å²) in [7, 11) is -2.85.